The van der Waals surface area contributed by atoms with E-state index in [9.17, 15) is 0 Å². The second-order valence-electron chi connectivity index (χ2n) is 6.71. The van der Waals surface area contributed by atoms with Gasteiger partial charge >= 0.3 is 0 Å². The summed E-state index contributed by atoms with van der Waals surface area (Å²) < 4.78 is 7.11. The Labute approximate surface area is 169 Å². The van der Waals surface area contributed by atoms with E-state index < -0.39 is 0 Å². The van der Waals surface area contributed by atoms with Crippen molar-refractivity contribution < 1.29 is 4.42 Å². The number of furan rings is 1. The Hall–Kier alpha value is -3.77. The number of fused-ring (bicyclic) bond motifs is 2. The Morgan fingerprint density at radius 2 is 1.69 bits per heavy atom. The fourth-order valence-corrected chi connectivity index (χ4v) is 4.31. The average Bonchev–Trinajstić information content (AvgIpc) is 3.50. The zero-order valence-electron chi connectivity index (χ0n) is 15.2. The first-order chi connectivity index (χ1) is 14.3. The summed E-state index contributed by atoms with van der Waals surface area (Å²) in [4.78, 5) is 17.0. The predicted octanol–water partition coefficient (Wildman–Crippen LogP) is 6.16. The molecule has 0 fully saturated rings. The molecule has 0 aliphatic heterocycles. The number of pyridine rings is 1. The van der Waals surface area contributed by atoms with Crippen molar-refractivity contribution >= 4 is 32.6 Å². The molecular formula is C23H14N4OS. The molecule has 0 spiro atoms. The molecule has 6 rings (SSSR count). The molecule has 138 valence electrons. The Kier molecular flexibility index (Phi) is 3.57. The maximum absolute atomic E-state index is 6.03. The molecule has 0 radical (unpaired) electrons. The Morgan fingerprint density at radius 3 is 2.59 bits per heavy atom. The Balaban J connectivity index is 1.39. The lowest BCUT2D eigenvalue weighted by Crippen LogP contribution is -1.77. The van der Waals surface area contributed by atoms with Gasteiger partial charge in [-0.05, 0) is 36.4 Å². The molecule has 0 amide bonds. The summed E-state index contributed by atoms with van der Waals surface area (Å²) in [5, 5.41) is 0.968. The van der Waals surface area contributed by atoms with Gasteiger partial charge in [-0.25, -0.2) is 9.97 Å². The van der Waals surface area contributed by atoms with Crippen LogP contribution in [0.1, 0.15) is 0 Å². The molecule has 5 nitrogen and oxygen atoms in total. The Bertz CT molecular complexity index is 1430. The van der Waals surface area contributed by atoms with E-state index in [0.29, 0.717) is 11.6 Å². The SMILES string of the molecule is c1ccc(-c2ccc(-c3nc4ccc(-c5nc6ccncc6s5)cc4[nH]3)o2)cc1. The minimum atomic E-state index is 0.715. The lowest BCUT2D eigenvalue weighted by Gasteiger charge is -1.95. The van der Waals surface area contributed by atoms with E-state index in [2.05, 4.69) is 22.1 Å². The third-order valence-corrected chi connectivity index (χ3v) is 5.87. The predicted molar refractivity (Wildman–Crippen MR) is 116 cm³/mol. The van der Waals surface area contributed by atoms with E-state index in [1.54, 1.807) is 17.5 Å². The monoisotopic (exact) mass is 394 g/mol. The van der Waals surface area contributed by atoms with Gasteiger partial charge in [0.2, 0.25) is 0 Å². The van der Waals surface area contributed by atoms with Crippen molar-refractivity contribution in [1.82, 2.24) is 19.9 Å². The number of rotatable bonds is 3. The molecule has 4 heterocycles. The normalized spacial score (nSPS) is 11.4. The van der Waals surface area contributed by atoms with Crippen LogP contribution in [0.3, 0.4) is 0 Å². The third kappa shape index (κ3) is 2.81. The first kappa shape index (κ1) is 16.2. The van der Waals surface area contributed by atoms with Crippen LogP contribution in [0.15, 0.2) is 83.5 Å². The van der Waals surface area contributed by atoms with Crippen molar-refractivity contribution in [3.63, 3.8) is 0 Å². The van der Waals surface area contributed by atoms with Gasteiger partial charge in [-0.1, -0.05) is 30.3 Å². The maximum Gasteiger partial charge on any atom is 0.174 e. The number of hydrogen-bond acceptors (Lipinski definition) is 5. The number of benzene rings is 2. The highest BCUT2D eigenvalue weighted by molar-refractivity contribution is 7.21. The first-order valence-electron chi connectivity index (χ1n) is 9.20. The van der Waals surface area contributed by atoms with Gasteiger partial charge in [-0.15, -0.1) is 11.3 Å². The highest BCUT2D eigenvalue weighted by Gasteiger charge is 2.13. The van der Waals surface area contributed by atoms with Crippen LogP contribution in [0.25, 0.3) is 54.7 Å². The molecular weight excluding hydrogens is 380 g/mol. The second kappa shape index (κ2) is 6.39. The molecule has 6 aromatic rings. The quantitative estimate of drug-likeness (QED) is 0.390. The maximum atomic E-state index is 6.03. The van der Waals surface area contributed by atoms with Crippen LogP contribution in [0.2, 0.25) is 0 Å². The number of H-pyrrole nitrogens is 1. The van der Waals surface area contributed by atoms with Crippen LogP contribution in [-0.2, 0) is 0 Å². The lowest BCUT2D eigenvalue weighted by atomic mass is 10.2. The summed E-state index contributed by atoms with van der Waals surface area (Å²) in [6, 6.07) is 22.0. The van der Waals surface area contributed by atoms with Crippen LogP contribution >= 0.6 is 11.3 Å². The zero-order chi connectivity index (χ0) is 19.2. The number of nitrogens with zero attached hydrogens (tertiary/aromatic N) is 3. The minimum Gasteiger partial charge on any atom is -0.453 e. The Morgan fingerprint density at radius 1 is 0.793 bits per heavy atom. The van der Waals surface area contributed by atoms with Crippen molar-refractivity contribution in [1.29, 1.82) is 0 Å². The van der Waals surface area contributed by atoms with Crippen molar-refractivity contribution in [2.75, 3.05) is 0 Å². The standard InChI is InChI=1S/C23H14N4OS/c1-2-4-14(5-3-1)19-8-9-20(28-19)22-25-16-7-6-15(12-18(16)26-22)23-27-17-10-11-24-13-21(17)29-23/h1-13H,(H,25,26). The number of imidazole rings is 1. The molecule has 0 saturated carbocycles. The average molecular weight is 394 g/mol. The molecule has 0 aliphatic rings. The van der Waals surface area contributed by atoms with Gasteiger partial charge in [-0.3, -0.25) is 4.98 Å². The van der Waals surface area contributed by atoms with Crippen molar-refractivity contribution in [2.24, 2.45) is 0 Å². The van der Waals surface area contributed by atoms with Gasteiger partial charge in [0.1, 0.15) is 10.8 Å². The van der Waals surface area contributed by atoms with Gasteiger partial charge in [0.05, 0.1) is 21.3 Å². The van der Waals surface area contributed by atoms with Gasteiger partial charge < -0.3 is 9.40 Å². The highest BCUT2D eigenvalue weighted by Crippen LogP contribution is 2.32. The molecule has 0 atom stereocenters. The lowest BCUT2D eigenvalue weighted by molar-refractivity contribution is 0.593. The number of aromatic nitrogens is 4. The van der Waals surface area contributed by atoms with Gasteiger partial charge in [0, 0.05) is 23.5 Å². The van der Waals surface area contributed by atoms with E-state index >= 15 is 0 Å². The fourth-order valence-electron chi connectivity index (χ4n) is 3.39. The van der Waals surface area contributed by atoms with E-state index in [0.717, 1.165) is 43.1 Å². The molecule has 0 bridgehead atoms. The molecule has 2 aromatic carbocycles. The van der Waals surface area contributed by atoms with E-state index in [1.807, 2.05) is 60.8 Å². The van der Waals surface area contributed by atoms with Gasteiger partial charge in [0.25, 0.3) is 0 Å². The first-order valence-corrected chi connectivity index (χ1v) is 10.0. The highest BCUT2D eigenvalue weighted by atomic mass is 32.1. The molecule has 4 aromatic heterocycles. The van der Waals surface area contributed by atoms with Crippen molar-refractivity contribution in [3.05, 3.63) is 79.1 Å². The van der Waals surface area contributed by atoms with Crippen molar-refractivity contribution in [2.45, 2.75) is 0 Å². The van der Waals surface area contributed by atoms with Crippen LogP contribution in [-0.4, -0.2) is 19.9 Å². The number of thiazole rings is 1. The van der Waals surface area contributed by atoms with E-state index in [1.165, 1.54) is 0 Å². The zero-order valence-corrected chi connectivity index (χ0v) is 16.0. The topological polar surface area (TPSA) is 67.6 Å². The summed E-state index contributed by atoms with van der Waals surface area (Å²) in [7, 11) is 0. The summed E-state index contributed by atoms with van der Waals surface area (Å²) >= 11 is 1.64. The summed E-state index contributed by atoms with van der Waals surface area (Å²) in [6.07, 6.45) is 3.62. The number of nitrogens with one attached hydrogen (secondary N) is 1. The molecule has 6 heteroatoms. The second-order valence-corrected chi connectivity index (χ2v) is 7.74. The van der Waals surface area contributed by atoms with Crippen LogP contribution < -0.4 is 0 Å². The molecule has 0 aliphatic carbocycles. The smallest absolute Gasteiger partial charge is 0.174 e. The summed E-state index contributed by atoms with van der Waals surface area (Å²) in [5.41, 5.74) is 4.91. The van der Waals surface area contributed by atoms with Gasteiger partial charge in [-0.2, -0.15) is 0 Å². The number of aromatic amines is 1. The summed E-state index contributed by atoms with van der Waals surface area (Å²) in [6.45, 7) is 0. The van der Waals surface area contributed by atoms with Crippen LogP contribution in [0.4, 0.5) is 0 Å². The third-order valence-electron chi connectivity index (χ3n) is 4.82. The molecule has 0 saturated heterocycles. The van der Waals surface area contributed by atoms with E-state index in [4.69, 9.17) is 14.4 Å². The van der Waals surface area contributed by atoms with E-state index in [-0.39, 0.29) is 0 Å². The van der Waals surface area contributed by atoms with Crippen LogP contribution in [0, 0.1) is 0 Å². The van der Waals surface area contributed by atoms with Crippen LogP contribution in [0.5, 0.6) is 0 Å². The van der Waals surface area contributed by atoms with Crippen molar-refractivity contribution in [3.8, 4) is 33.5 Å². The van der Waals surface area contributed by atoms with Gasteiger partial charge in [0.15, 0.2) is 11.6 Å². The molecule has 1 N–H and O–H groups in total. The fraction of sp³-hybridized carbons (Fsp3) is 0. The molecule has 29 heavy (non-hydrogen) atoms. The molecule has 0 unspecified atom stereocenters. The summed E-state index contributed by atoms with van der Waals surface area (Å²) in [5.74, 6) is 2.25. The number of hydrogen-bond donors (Lipinski definition) is 1. The largest absolute Gasteiger partial charge is 0.453 e. The minimum absolute atomic E-state index is 0.715.